The molecule has 0 spiro atoms. The standard InChI is InChI=1S/C63H40N4O/c1-6-18-41(19-7-1)49-33-30-45(36-53(49)42-20-8-2-9-21-42)46-31-34-50(56(37-46)63-65-61(43-22-10-3-11-23-43)64-62(66-63)44-24-12-4-13-25-44)47-32-35-52-55-39-54-51-28-16-17-29-57(51)67(48-26-14-5-15-27-48)58(54)40-60(55)68-59(52)38-47/h1-40H. The maximum Gasteiger partial charge on any atom is 0.164 e. The largest absolute Gasteiger partial charge is 0.456 e. The van der Waals surface area contributed by atoms with Crippen LogP contribution in [-0.2, 0) is 0 Å². The van der Waals surface area contributed by atoms with Gasteiger partial charge in [0.25, 0.3) is 0 Å². The predicted octanol–water partition coefficient (Wildman–Crippen LogP) is 16.5. The van der Waals surface area contributed by atoms with E-state index in [1.165, 1.54) is 21.9 Å². The van der Waals surface area contributed by atoms with Crippen LogP contribution in [-0.4, -0.2) is 19.5 Å². The Hall–Kier alpha value is -9.19. The van der Waals surface area contributed by atoms with Crippen molar-refractivity contribution in [2.45, 2.75) is 0 Å². The lowest BCUT2D eigenvalue weighted by molar-refractivity contribution is 0.669. The first-order valence-electron chi connectivity index (χ1n) is 22.9. The number of fused-ring (bicyclic) bond motifs is 6. The van der Waals surface area contributed by atoms with Gasteiger partial charge in [-0.25, -0.2) is 15.0 Å². The predicted molar refractivity (Wildman–Crippen MR) is 279 cm³/mol. The van der Waals surface area contributed by atoms with E-state index in [-0.39, 0.29) is 0 Å². The smallest absolute Gasteiger partial charge is 0.164 e. The lowest BCUT2D eigenvalue weighted by Gasteiger charge is -2.16. The van der Waals surface area contributed by atoms with Gasteiger partial charge < -0.3 is 8.98 Å². The average molecular weight is 869 g/mol. The minimum Gasteiger partial charge on any atom is -0.456 e. The van der Waals surface area contributed by atoms with E-state index < -0.39 is 0 Å². The molecule has 13 aromatic rings. The van der Waals surface area contributed by atoms with Crippen molar-refractivity contribution in [1.29, 1.82) is 0 Å². The zero-order chi connectivity index (χ0) is 45.0. The molecule has 318 valence electrons. The van der Waals surface area contributed by atoms with Gasteiger partial charge in [-0.3, -0.25) is 0 Å². The third-order valence-electron chi connectivity index (χ3n) is 13.1. The first-order chi connectivity index (χ1) is 33.7. The SMILES string of the molecule is c1ccc(-c2nc(-c3ccccc3)nc(-c3cc(-c4ccc(-c5ccccc5)c(-c5ccccc5)c4)ccc3-c3ccc4c(c3)oc3cc5c(cc34)c3ccccc3n5-c3ccccc3)n2)cc1. The van der Waals surface area contributed by atoms with Gasteiger partial charge in [0, 0.05) is 50.0 Å². The van der Waals surface area contributed by atoms with Crippen molar-refractivity contribution < 1.29 is 4.42 Å². The van der Waals surface area contributed by atoms with Crippen LogP contribution in [0, 0.1) is 0 Å². The van der Waals surface area contributed by atoms with E-state index in [4.69, 9.17) is 19.4 Å². The molecule has 0 unspecified atom stereocenters. The molecule has 0 atom stereocenters. The third kappa shape index (κ3) is 6.84. The van der Waals surface area contributed by atoms with Crippen molar-refractivity contribution in [3.05, 3.63) is 243 Å². The molecule has 0 bridgehead atoms. The van der Waals surface area contributed by atoms with Crippen LogP contribution in [0.3, 0.4) is 0 Å². The summed E-state index contributed by atoms with van der Waals surface area (Å²) in [4.78, 5) is 15.6. The normalized spacial score (nSPS) is 11.5. The lowest BCUT2D eigenvalue weighted by atomic mass is 9.89. The Labute approximate surface area is 392 Å². The second kappa shape index (κ2) is 16.4. The van der Waals surface area contributed by atoms with E-state index in [2.05, 4.69) is 187 Å². The first-order valence-corrected chi connectivity index (χ1v) is 22.9. The molecule has 0 saturated heterocycles. The molecule has 3 heterocycles. The monoisotopic (exact) mass is 868 g/mol. The van der Waals surface area contributed by atoms with Gasteiger partial charge >= 0.3 is 0 Å². The van der Waals surface area contributed by atoms with Gasteiger partial charge in [-0.1, -0.05) is 188 Å². The van der Waals surface area contributed by atoms with E-state index in [1.807, 2.05) is 60.7 Å². The Morgan fingerprint density at radius 2 is 0.750 bits per heavy atom. The molecule has 3 aromatic heterocycles. The molecule has 0 fully saturated rings. The molecule has 0 aliphatic carbocycles. The number of nitrogens with zero attached hydrogens (tertiary/aromatic N) is 4. The zero-order valence-electron chi connectivity index (χ0n) is 36.8. The molecular formula is C63H40N4O. The van der Waals surface area contributed by atoms with Crippen molar-refractivity contribution in [3.63, 3.8) is 0 Å². The van der Waals surface area contributed by atoms with Crippen molar-refractivity contribution in [2.75, 3.05) is 0 Å². The topological polar surface area (TPSA) is 56.7 Å². The second-order valence-electron chi connectivity index (χ2n) is 17.2. The summed E-state index contributed by atoms with van der Waals surface area (Å²) >= 11 is 0. The van der Waals surface area contributed by atoms with Gasteiger partial charge in [0.2, 0.25) is 0 Å². The highest BCUT2D eigenvalue weighted by Gasteiger charge is 2.21. The fourth-order valence-corrected chi connectivity index (χ4v) is 9.80. The van der Waals surface area contributed by atoms with Crippen molar-refractivity contribution in [3.8, 4) is 84.4 Å². The molecule has 0 amide bonds. The van der Waals surface area contributed by atoms with E-state index in [9.17, 15) is 0 Å². The summed E-state index contributed by atoms with van der Waals surface area (Å²) < 4.78 is 9.18. The first kappa shape index (κ1) is 39.2. The Bertz CT molecular complexity index is 3940. The van der Waals surface area contributed by atoms with Crippen LogP contribution in [0.1, 0.15) is 0 Å². The Morgan fingerprint density at radius 3 is 1.38 bits per heavy atom. The Kier molecular flexibility index (Phi) is 9.43. The molecule has 0 aliphatic rings. The number of aromatic nitrogens is 4. The fourth-order valence-electron chi connectivity index (χ4n) is 9.80. The van der Waals surface area contributed by atoms with Gasteiger partial charge in [0.15, 0.2) is 17.5 Å². The molecular weight excluding hydrogens is 829 g/mol. The Balaban J connectivity index is 1.02. The van der Waals surface area contributed by atoms with Crippen LogP contribution >= 0.6 is 0 Å². The van der Waals surface area contributed by atoms with Gasteiger partial charge in [0.1, 0.15) is 11.2 Å². The molecule has 0 radical (unpaired) electrons. The summed E-state index contributed by atoms with van der Waals surface area (Å²) in [7, 11) is 0. The van der Waals surface area contributed by atoms with E-state index in [0.29, 0.717) is 17.5 Å². The quantitative estimate of drug-likeness (QED) is 0.153. The number of para-hydroxylation sites is 2. The molecule has 0 N–H and O–H groups in total. The lowest BCUT2D eigenvalue weighted by Crippen LogP contribution is -2.01. The third-order valence-corrected chi connectivity index (χ3v) is 13.1. The van der Waals surface area contributed by atoms with Crippen LogP contribution in [0.25, 0.3) is 128 Å². The zero-order valence-corrected chi connectivity index (χ0v) is 36.8. The van der Waals surface area contributed by atoms with Crippen LogP contribution in [0.5, 0.6) is 0 Å². The number of rotatable bonds is 8. The average Bonchev–Trinajstić information content (AvgIpc) is 3.95. The van der Waals surface area contributed by atoms with Crippen LogP contribution in [0.4, 0.5) is 0 Å². The summed E-state index contributed by atoms with van der Waals surface area (Å²) in [5.41, 5.74) is 16.5. The fraction of sp³-hybridized carbons (Fsp3) is 0. The van der Waals surface area contributed by atoms with Crippen LogP contribution in [0.15, 0.2) is 247 Å². The van der Waals surface area contributed by atoms with Crippen LogP contribution < -0.4 is 0 Å². The molecule has 0 aliphatic heterocycles. The van der Waals surface area contributed by atoms with Crippen molar-refractivity contribution in [2.24, 2.45) is 0 Å². The highest BCUT2D eigenvalue weighted by molar-refractivity contribution is 6.17. The minimum absolute atomic E-state index is 0.583. The highest BCUT2D eigenvalue weighted by atomic mass is 16.3. The molecule has 0 saturated carbocycles. The van der Waals surface area contributed by atoms with Gasteiger partial charge in [-0.15, -0.1) is 0 Å². The number of hydrogen-bond donors (Lipinski definition) is 0. The van der Waals surface area contributed by atoms with E-state index >= 15 is 0 Å². The number of furan rings is 1. The van der Waals surface area contributed by atoms with Crippen molar-refractivity contribution in [1.82, 2.24) is 19.5 Å². The molecule has 5 nitrogen and oxygen atoms in total. The summed E-state index contributed by atoms with van der Waals surface area (Å²) in [6, 6.07) is 85.2. The van der Waals surface area contributed by atoms with Gasteiger partial charge in [0.05, 0.1) is 11.0 Å². The second-order valence-corrected chi connectivity index (χ2v) is 17.2. The minimum atomic E-state index is 0.583. The Morgan fingerprint density at radius 1 is 0.265 bits per heavy atom. The summed E-state index contributed by atoms with van der Waals surface area (Å²) in [6.45, 7) is 0. The van der Waals surface area contributed by atoms with Crippen molar-refractivity contribution >= 4 is 43.7 Å². The summed E-state index contributed by atoms with van der Waals surface area (Å²) in [5, 5.41) is 4.53. The van der Waals surface area contributed by atoms with Gasteiger partial charge in [-0.05, 0) is 93.0 Å². The van der Waals surface area contributed by atoms with Crippen LogP contribution in [0.2, 0.25) is 0 Å². The number of hydrogen-bond acceptors (Lipinski definition) is 4. The van der Waals surface area contributed by atoms with E-state index in [0.717, 1.165) is 88.7 Å². The summed E-state index contributed by atoms with van der Waals surface area (Å²) in [6.07, 6.45) is 0. The number of benzene rings is 10. The van der Waals surface area contributed by atoms with E-state index in [1.54, 1.807) is 0 Å². The summed E-state index contributed by atoms with van der Waals surface area (Å²) in [5.74, 6) is 1.80. The molecule has 5 heteroatoms. The highest BCUT2D eigenvalue weighted by Crippen LogP contribution is 2.43. The maximum atomic E-state index is 6.85. The van der Waals surface area contributed by atoms with Gasteiger partial charge in [-0.2, -0.15) is 0 Å². The maximum absolute atomic E-state index is 6.85. The molecule has 68 heavy (non-hydrogen) atoms. The molecule has 13 rings (SSSR count). The molecule has 10 aromatic carbocycles.